The number of halogens is 1. The second kappa shape index (κ2) is 17.3. The molecule has 8 heteroatoms. The standard InChI is InChI=1S/C21H36N4O3.HI/c1-5-14-28-19-10-7-9-18(16-19)11-13-23-21(22-12-8-15-27-6-2)24-17-20(26)25(3)4;/h7,9-10,16H,5-6,8,11-15,17H2,1-4H3,(H2,22,23,24);1H. The zero-order valence-electron chi connectivity index (χ0n) is 18.2. The van der Waals surface area contributed by atoms with Crippen molar-refractivity contribution in [3.05, 3.63) is 29.8 Å². The second-order valence-electron chi connectivity index (χ2n) is 6.60. The van der Waals surface area contributed by atoms with Crippen LogP contribution in [0.1, 0.15) is 32.3 Å². The van der Waals surface area contributed by atoms with Crippen LogP contribution in [0.2, 0.25) is 0 Å². The van der Waals surface area contributed by atoms with Gasteiger partial charge in [-0.05, 0) is 43.9 Å². The van der Waals surface area contributed by atoms with E-state index in [1.807, 2.05) is 19.1 Å². The first-order valence-corrected chi connectivity index (χ1v) is 10.1. The summed E-state index contributed by atoms with van der Waals surface area (Å²) >= 11 is 0. The summed E-state index contributed by atoms with van der Waals surface area (Å²) in [6.07, 6.45) is 2.71. The first-order chi connectivity index (χ1) is 13.6. The molecule has 0 heterocycles. The molecule has 1 aromatic carbocycles. The Morgan fingerprint density at radius 1 is 1.14 bits per heavy atom. The molecule has 0 saturated heterocycles. The molecule has 0 unspecified atom stereocenters. The third-order valence-corrected chi connectivity index (χ3v) is 3.91. The Morgan fingerprint density at radius 2 is 1.90 bits per heavy atom. The molecule has 0 saturated carbocycles. The Kier molecular flexibility index (Phi) is 16.4. The lowest BCUT2D eigenvalue weighted by molar-refractivity contribution is -0.127. The number of likely N-dealkylation sites (N-methyl/N-ethyl adjacent to an activating group) is 1. The summed E-state index contributed by atoms with van der Waals surface area (Å²) in [5.74, 6) is 1.51. The number of aliphatic imine (C=N–C) groups is 1. The largest absolute Gasteiger partial charge is 0.494 e. The van der Waals surface area contributed by atoms with E-state index in [2.05, 4.69) is 34.7 Å². The van der Waals surface area contributed by atoms with Gasteiger partial charge in [-0.2, -0.15) is 0 Å². The number of carbonyl (C=O) groups excluding carboxylic acids is 1. The SMILES string of the molecule is CCCOc1cccc(CCNC(=NCC(=O)N(C)C)NCCCOCC)c1.I. The van der Waals surface area contributed by atoms with Gasteiger partial charge in [0.15, 0.2) is 5.96 Å². The van der Waals surface area contributed by atoms with Gasteiger partial charge in [-0.3, -0.25) is 4.79 Å². The predicted molar refractivity (Wildman–Crippen MR) is 129 cm³/mol. The van der Waals surface area contributed by atoms with Gasteiger partial charge in [-0.25, -0.2) is 4.99 Å². The third kappa shape index (κ3) is 13.3. The summed E-state index contributed by atoms with van der Waals surface area (Å²) in [6.45, 7) is 7.80. The lowest BCUT2D eigenvalue weighted by atomic mass is 10.1. The predicted octanol–water partition coefficient (Wildman–Crippen LogP) is 2.69. The first kappa shape index (κ1) is 27.5. The fourth-order valence-electron chi connectivity index (χ4n) is 2.32. The van der Waals surface area contributed by atoms with Gasteiger partial charge < -0.3 is 25.0 Å². The van der Waals surface area contributed by atoms with Crippen molar-refractivity contribution < 1.29 is 14.3 Å². The normalized spacial score (nSPS) is 10.8. The summed E-state index contributed by atoms with van der Waals surface area (Å²) in [5, 5.41) is 6.56. The van der Waals surface area contributed by atoms with Crippen molar-refractivity contribution in [1.82, 2.24) is 15.5 Å². The molecule has 0 spiro atoms. The Hall–Kier alpha value is -1.55. The number of nitrogens with one attached hydrogen (secondary N) is 2. The number of nitrogens with zero attached hydrogens (tertiary/aromatic N) is 2. The lowest BCUT2D eigenvalue weighted by Crippen LogP contribution is -2.40. The van der Waals surface area contributed by atoms with Crippen molar-refractivity contribution in [1.29, 1.82) is 0 Å². The molecule has 0 atom stereocenters. The van der Waals surface area contributed by atoms with Crippen LogP contribution < -0.4 is 15.4 Å². The molecule has 1 amide bonds. The lowest BCUT2D eigenvalue weighted by Gasteiger charge is -2.14. The minimum Gasteiger partial charge on any atom is -0.494 e. The number of ether oxygens (including phenoxy) is 2. The summed E-state index contributed by atoms with van der Waals surface area (Å²) in [7, 11) is 3.46. The highest BCUT2D eigenvalue weighted by Gasteiger charge is 2.05. The summed E-state index contributed by atoms with van der Waals surface area (Å²) in [5.41, 5.74) is 1.20. The van der Waals surface area contributed by atoms with Crippen molar-refractivity contribution in [2.45, 2.75) is 33.1 Å². The molecule has 7 nitrogen and oxygen atoms in total. The van der Waals surface area contributed by atoms with Gasteiger partial charge in [0, 0.05) is 40.4 Å². The van der Waals surface area contributed by atoms with E-state index in [1.165, 1.54) is 10.5 Å². The molecule has 0 bridgehead atoms. The molecule has 0 fully saturated rings. The van der Waals surface area contributed by atoms with Crippen molar-refractivity contribution in [2.75, 3.05) is 53.6 Å². The average Bonchev–Trinajstić information content (AvgIpc) is 2.69. The number of benzene rings is 1. The molecule has 166 valence electrons. The maximum atomic E-state index is 11.8. The molecular weight excluding hydrogens is 483 g/mol. The van der Waals surface area contributed by atoms with E-state index in [0.717, 1.165) is 44.8 Å². The van der Waals surface area contributed by atoms with Crippen LogP contribution in [-0.4, -0.2) is 70.3 Å². The topological polar surface area (TPSA) is 75.2 Å². The molecule has 0 aliphatic rings. The van der Waals surface area contributed by atoms with Crippen LogP contribution >= 0.6 is 24.0 Å². The van der Waals surface area contributed by atoms with Crippen molar-refractivity contribution >= 4 is 35.8 Å². The second-order valence-corrected chi connectivity index (χ2v) is 6.60. The molecule has 29 heavy (non-hydrogen) atoms. The maximum Gasteiger partial charge on any atom is 0.243 e. The van der Waals surface area contributed by atoms with Crippen LogP contribution in [0.4, 0.5) is 0 Å². The quantitative estimate of drug-likeness (QED) is 0.181. The van der Waals surface area contributed by atoms with Crippen molar-refractivity contribution in [3.8, 4) is 5.75 Å². The van der Waals surface area contributed by atoms with Crippen molar-refractivity contribution in [2.24, 2.45) is 4.99 Å². The Balaban J connectivity index is 0.00000784. The molecule has 0 aliphatic carbocycles. The van der Waals surface area contributed by atoms with Crippen LogP contribution in [0.15, 0.2) is 29.3 Å². The number of hydrogen-bond donors (Lipinski definition) is 2. The maximum absolute atomic E-state index is 11.8. The highest BCUT2D eigenvalue weighted by atomic mass is 127. The van der Waals surface area contributed by atoms with Gasteiger partial charge in [-0.1, -0.05) is 19.1 Å². The number of rotatable bonds is 13. The van der Waals surface area contributed by atoms with E-state index in [0.29, 0.717) is 19.1 Å². The summed E-state index contributed by atoms with van der Waals surface area (Å²) < 4.78 is 11.0. The van der Waals surface area contributed by atoms with Gasteiger partial charge in [0.2, 0.25) is 5.91 Å². The molecule has 2 N–H and O–H groups in total. The highest BCUT2D eigenvalue weighted by Crippen LogP contribution is 2.13. The Morgan fingerprint density at radius 3 is 2.59 bits per heavy atom. The van der Waals surface area contributed by atoms with Gasteiger partial charge in [0.25, 0.3) is 0 Å². The zero-order chi connectivity index (χ0) is 20.6. The molecule has 0 radical (unpaired) electrons. The number of carbonyl (C=O) groups is 1. The number of amides is 1. The monoisotopic (exact) mass is 520 g/mol. The van der Waals surface area contributed by atoms with Crippen molar-refractivity contribution in [3.63, 3.8) is 0 Å². The van der Waals surface area contributed by atoms with Crippen LogP contribution in [-0.2, 0) is 16.0 Å². The number of guanidine groups is 1. The minimum absolute atomic E-state index is 0. The molecule has 0 aromatic heterocycles. The summed E-state index contributed by atoms with van der Waals surface area (Å²) in [4.78, 5) is 17.7. The van der Waals surface area contributed by atoms with E-state index in [-0.39, 0.29) is 36.4 Å². The fraction of sp³-hybridized carbons (Fsp3) is 0.619. The third-order valence-electron chi connectivity index (χ3n) is 3.91. The van der Waals surface area contributed by atoms with Crippen LogP contribution in [0.3, 0.4) is 0 Å². The van der Waals surface area contributed by atoms with Gasteiger partial charge in [-0.15, -0.1) is 24.0 Å². The average molecular weight is 520 g/mol. The van der Waals surface area contributed by atoms with Gasteiger partial charge in [0.05, 0.1) is 6.61 Å². The fourth-order valence-corrected chi connectivity index (χ4v) is 2.32. The Labute approximate surface area is 192 Å². The molecule has 1 aromatic rings. The van der Waals surface area contributed by atoms with E-state index in [4.69, 9.17) is 9.47 Å². The smallest absolute Gasteiger partial charge is 0.243 e. The zero-order valence-corrected chi connectivity index (χ0v) is 20.5. The van der Waals surface area contributed by atoms with E-state index >= 15 is 0 Å². The minimum atomic E-state index is -0.0313. The van der Waals surface area contributed by atoms with Gasteiger partial charge in [0.1, 0.15) is 12.3 Å². The summed E-state index contributed by atoms with van der Waals surface area (Å²) in [6, 6.07) is 8.14. The molecular formula is C21H37IN4O3. The molecule has 0 aliphatic heterocycles. The first-order valence-electron chi connectivity index (χ1n) is 10.1. The van der Waals surface area contributed by atoms with E-state index in [9.17, 15) is 4.79 Å². The van der Waals surface area contributed by atoms with Gasteiger partial charge >= 0.3 is 0 Å². The van der Waals surface area contributed by atoms with Crippen LogP contribution in [0.25, 0.3) is 0 Å². The van der Waals surface area contributed by atoms with Crippen LogP contribution in [0.5, 0.6) is 5.75 Å². The molecule has 1 rings (SSSR count). The number of hydrogen-bond acceptors (Lipinski definition) is 4. The highest BCUT2D eigenvalue weighted by molar-refractivity contribution is 14.0. The van der Waals surface area contributed by atoms with E-state index < -0.39 is 0 Å². The van der Waals surface area contributed by atoms with Crippen LogP contribution in [0, 0.1) is 0 Å². The van der Waals surface area contributed by atoms with E-state index in [1.54, 1.807) is 14.1 Å². The Bertz CT molecular complexity index is 597.